The van der Waals surface area contributed by atoms with Crippen molar-refractivity contribution in [2.24, 2.45) is 0 Å². The molecule has 0 bridgehead atoms. The van der Waals surface area contributed by atoms with E-state index in [1.54, 1.807) is 18.3 Å². The van der Waals surface area contributed by atoms with Gasteiger partial charge in [-0.2, -0.15) is 0 Å². The van der Waals surface area contributed by atoms with Crippen LogP contribution in [0.1, 0.15) is 23.5 Å². The summed E-state index contributed by atoms with van der Waals surface area (Å²) >= 11 is 1.74. The first-order chi connectivity index (χ1) is 8.27. The first-order valence-corrected chi connectivity index (χ1v) is 6.57. The maximum atomic E-state index is 9.61. The minimum Gasteiger partial charge on any atom is -0.493 e. The van der Waals surface area contributed by atoms with Crippen LogP contribution in [-0.4, -0.2) is 11.7 Å². The van der Waals surface area contributed by atoms with E-state index >= 15 is 0 Å². The van der Waals surface area contributed by atoms with Gasteiger partial charge in [0.25, 0.3) is 0 Å². The average Bonchev–Trinajstić information content (AvgIpc) is 2.82. The van der Waals surface area contributed by atoms with Crippen LogP contribution in [0.15, 0.2) is 41.8 Å². The van der Waals surface area contributed by atoms with Crippen molar-refractivity contribution >= 4 is 11.3 Å². The summed E-state index contributed by atoms with van der Waals surface area (Å²) in [5, 5.41) is 11.7. The first-order valence-electron chi connectivity index (χ1n) is 5.69. The molecule has 0 saturated carbocycles. The van der Waals surface area contributed by atoms with Crippen LogP contribution in [0.25, 0.3) is 0 Å². The van der Waals surface area contributed by atoms with E-state index in [2.05, 4.69) is 11.4 Å². The van der Waals surface area contributed by atoms with Gasteiger partial charge in [0.1, 0.15) is 5.75 Å². The van der Waals surface area contributed by atoms with Gasteiger partial charge in [-0.3, -0.25) is 0 Å². The van der Waals surface area contributed by atoms with Crippen LogP contribution < -0.4 is 4.74 Å². The lowest BCUT2D eigenvalue weighted by Gasteiger charge is -2.12. The molecule has 0 saturated heterocycles. The Morgan fingerprint density at radius 3 is 2.76 bits per heavy atom. The molecule has 0 unspecified atom stereocenters. The molecule has 2 aromatic rings. The van der Waals surface area contributed by atoms with Gasteiger partial charge in [0.15, 0.2) is 0 Å². The number of aliphatic hydroxyl groups excluding tert-OH is 1. The Morgan fingerprint density at radius 2 is 2.06 bits per heavy atom. The highest BCUT2D eigenvalue weighted by molar-refractivity contribution is 7.09. The zero-order chi connectivity index (χ0) is 12.1. The highest BCUT2D eigenvalue weighted by Gasteiger charge is 2.07. The molecule has 0 fully saturated rings. The Bertz CT molecular complexity index is 449. The fraction of sp³-hybridized carbons (Fsp3) is 0.286. The predicted molar refractivity (Wildman–Crippen MR) is 70.6 cm³/mol. The molecular formula is C14H16O2S. The number of ether oxygens (including phenoxy) is 1. The summed E-state index contributed by atoms with van der Waals surface area (Å²) in [6.07, 6.45) is 0.416. The molecule has 90 valence electrons. The van der Waals surface area contributed by atoms with E-state index < -0.39 is 6.10 Å². The molecule has 1 atom stereocenters. The number of aliphatic hydroxyl groups is 1. The number of rotatable bonds is 5. The minimum atomic E-state index is -0.493. The zero-order valence-electron chi connectivity index (χ0n) is 9.80. The van der Waals surface area contributed by atoms with E-state index in [1.807, 2.05) is 30.3 Å². The summed E-state index contributed by atoms with van der Waals surface area (Å²) in [7, 11) is 0. The van der Waals surface area contributed by atoms with Crippen molar-refractivity contribution in [3.8, 4) is 5.75 Å². The van der Waals surface area contributed by atoms with Gasteiger partial charge < -0.3 is 9.84 Å². The van der Waals surface area contributed by atoms with E-state index in [4.69, 9.17) is 4.74 Å². The predicted octanol–water partition coefficient (Wildman–Crippen LogP) is 3.42. The third-order valence-corrected chi connectivity index (χ3v) is 3.49. The maximum Gasteiger partial charge on any atom is 0.125 e. The summed E-state index contributed by atoms with van der Waals surface area (Å²) in [6.45, 7) is 2.39. The first kappa shape index (κ1) is 12.1. The molecule has 3 heteroatoms. The van der Waals surface area contributed by atoms with Crippen LogP contribution in [0.3, 0.4) is 0 Å². The normalized spacial score (nSPS) is 12.4. The number of benzene rings is 1. The van der Waals surface area contributed by atoms with Gasteiger partial charge in [-0.05, 0) is 24.4 Å². The Morgan fingerprint density at radius 1 is 1.24 bits per heavy atom. The molecule has 1 N–H and O–H groups in total. The van der Waals surface area contributed by atoms with Crippen molar-refractivity contribution in [1.29, 1.82) is 0 Å². The highest BCUT2D eigenvalue weighted by atomic mass is 32.1. The second kappa shape index (κ2) is 5.84. The van der Waals surface area contributed by atoms with Gasteiger partial charge in [-0.1, -0.05) is 24.3 Å². The largest absolute Gasteiger partial charge is 0.493 e. The number of hydrogen-bond donors (Lipinski definition) is 1. The zero-order valence-corrected chi connectivity index (χ0v) is 10.6. The lowest BCUT2D eigenvalue weighted by Crippen LogP contribution is -2.03. The molecule has 17 heavy (non-hydrogen) atoms. The van der Waals surface area contributed by atoms with E-state index in [-0.39, 0.29) is 0 Å². The SMILES string of the molecule is C[C@H](O)c1ccccc1OCCc1cccs1. The lowest BCUT2D eigenvalue weighted by molar-refractivity contribution is 0.191. The fourth-order valence-corrected chi connectivity index (χ4v) is 2.36. The molecule has 0 aliphatic rings. The quantitative estimate of drug-likeness (QED) is 0.878. The highest BCUT2D eigenvalue weighted by Crippen LogP contribution is 2.24. The van der Waals surface area contributed by atoms with Crippen LogP contribution in [0.2, 0.25) is 0 Å². The van der Waals surface area contributed by atoms with Crippen LogP contribution in [0.4, 0.5) is 0 Å². The van der Waals surface area contributed by atoms with Crippen LogP contribution in [0.5, 0.6) is 5.75 Å². The summed E-state index contributed by atoms with van der Waals surface area (Å²) < 4.78 is 5.72. The van der Waals surface area contributed by atoms with Gasteiger partial charge in [0.2, 0.25) is 0 Å². The molecule has 0 spiro atoms. The molecule has 2 nitrogen and oxygen atoms in total. The Kier molecular flexibility index (Phi) is 4.18. The second-order valence-electron chi connectivity index (χ2n) is 3.89. The van der Waals surface area contributed by atoms with Crippen molar-refractivity contribution in [3.05, 3.63) is 52.2 Å². The Labute approximate surface area is 105 Å². The summed E-state index contributed by atoms with van der Waals surface area (Å²) in [5.74, 6) is 0.777. The number of hydrogen-bond acceptors (Lipinski definition) is 3. The van der Waals surface area contributed by atoms with Gasteiger partial charge in [0.05, 0.1) is 12.7 Å². The molecule has 0 aliphatic carbocycles. The summed E-state index contributed by atoms with van der Waals surface area (Å²) in [4.78, 5) is 1.32. The van der Waals surface area contributed by atoms with Crippen molar-refractivity contribution in [2.75, 3.05) is 6.61 Å². The molecule has 1 aromatic carbocycles. The van der Waals surface area contributed by atoms with Crippen molar-refractivity contribution in [1.82, 2.24) is 0 Å². The van der Waals surface area contributed by atoms with Crippen molar-refractivity contribution < 1.29 is 9.84 Å². The lowest BCUT2D eigenvalue weighted by atomic mass is 10.1. The van der Waals surface area contributed by atoms with Crippen LogP contribution in [0, 0.1) is 0 Å². The molecule has 2 rings (SSSR count). The van der Waals surface area contributed by atoms with Crippen LogP contribution in [-0.2, 0) is 6.42 Å². The third-order valence-electron chi connectivity index (χ3n) is 2.56. The molecule has 0 radical (unpaired) electrons. The van der Waals surface area contributed by atoms with Gasteiger partial charge >= 0.3 is 0 Å². The minimum absolute atomic E-state index is 0.493. The smallest absolute Gasteiger partial charge is 0.125 e. The fourth-order valence-electron chi connectivity index (χ4n) is 1.67. The van der Waals surface area contributed by atoms with Gasteiger partial charge in [0, 0.05) is 16.9 Å². The standard InChI is InChI=1S/C14H16O2S/c1-11(15)13-6-2-3-7-14(13)16-9-8-12-5-4-10-17-12/h2-7,10-11,15H,8-9H2,1H3/t11-/m0/s1. The summed E-state index contributed by atoms with van der Waals surface area (Å²) in [6, 6.07) is 11.8. The Hall–Kier alpha value is -1.32. The van der Waals surface area contributed by atoms with Gasteiger partial charge in [-0.25, -0.2) is 0 Å². The molecule has 1 heterocycles. The Balaban J connectivity index is 1.94. The summed E-state index contributed by atoms with van der Waals surface area (Å²) in [5.41, 5.74) is 0.846. The van der Waals surface area contributed by atoms with E-state index in [0.717, 1.165) is 17.7 Å². The average molecular weight is 248 g/mol. The van der Waals surface area contributed by atoms with E-state index in [0.29, 0.717) is 6.61 Å². The topological polar surface area (TPSA) is 29.5 Å². The third kappa shape index (κ3) is 3.32. The number of para-hydroxylation sites is 1. The molecule has 0 aliphatic heterocycles. The molecule has 0 amide bonds. The van der Waals surface area contributed by atoms with Crippen molar-refractivity contribution in [3.63, 3.8) is 0 Å². The molecular weight excluding hydrogens is 232 g/mol. The molecule has 1 aromatic heterocycles. The van der Waals surface area contributed by atoms with Crippen molar-refractivity contribution in [2.45, 2.75) is 19.4 Å². The van der Waals surface area contributed by atoms with Crippen LogP contribution >= 0.6 is 11.3 Å². The van der Waals surface area contributed by atoms with E-state index in [9.17, 15) is 5.11 Å². The number of thiophene rings is 1. The van der Waals surface area contributed by atoms with Gasteiger partial charge in [-0.15, -0.1) is 11.3 Å². The van der Waals surface area contributed by atoms with E-state index in [1.165, 1.54) is 4.88 Å². The monoisotopic (exact) mass is 248 g/mol. The second-order valence-corrected chi connectivity index (χ2v) is 4.92. The maximum absolute atomic E-state index is 9.61.